The van der Waals surface area contributed by atoms with Gasteiger partial charge in [0.1, 0.15) is 16.4 Å². The van der Waals surface area contributed by atoms with Gasteiger partial charge in [-0.25, -0.2) is 8.42 Å². The lowest BCUT2D eigenvalue weighted by molar-refractivity contribution is 0.102. The van der Waals surface area contributed by atoms with Gasteiger partial charge in [0.25, 0.3) is 15.9 Å². The zero-order valence-corrected chi connectivity index (χ0v) is 18.3. The van der Waals surface area contributed by atoms with Gasteiger partial charge in [0.2, 0.25) is 0 Å². The summed E-state index contributed by atoms with van der Waals surface area (Å²) in [6, 6.07) is 14.4. The minimum atomic E-state index is -3.97. The number of anilines is 2. The van der Waals surface area contributed by atoms with E-state index in [9.17, 15) is 13.2 Å². The second-order valence-electron chi connectivity index (χ2n) is 6.85. The fraction of sp³-hybridized carbons (Fsp3) is 0.136. The summed E-state index contributed by atoms with van der Waals surface area (Å²) in [6.45, 7) is 1.93. The second-order valence-corrected chi connectivity index (χ2v) is 8.94. The summed E-state index contributed by atoms with van der Waals surface area (Å²) in [7, 11) is -2.56. The van der Waals surface area contributed by atoms with E-state index < -0.39 is 15.9 Å². The van der Waals surface area contributed by atoms with Gasteiger partial charge in [-0.3, -0.25) is 9.52 Å². The highest BCUT2D eigenvalue weighted by atomic mass is 35.5. The van der Waals surface area contributed by atoms with Crippen LogP contribution in [0.15, 0.2) is 59.5 Å². The number of methoxy groups -OCH3 is 1. The van der Waals surface area contributed by atoms with Crippen molar-refractivity contribution in [3.05, 3.63) is 70.7 Å². The van der Waals surface area contributed by atoms with Gasteiger partial charge in [0.05, 0.1) is 18.4 Å². The molecule has 0 saturated heterocycles. The van der Waals surface area contributed by atoms with Crippen molar-refractivity contribution < 1.29 is 22.7 Å². The maximum Gasteiger partial charge on any atom is 0.265 e. The summed E-state index contributed by atoms with van der Waals surface area (Å²) >= 11 is 6.00. The Hall–Kier alpha value is -3.23. The topological polar surface area (TPSA) is 93.7 Å². The smallest absolute Gasteiger partial charge is 0.265 e. The molecule has 0 unspecified atom stereocenters. The fourth-order valence-corrected chi connectivity index (χ4v) is 4.66. The van der Waals surface area contributed by atoms with Gasteiger partial charge in [0.15, 0.2) is 5.75 Å². The number of nitrogens with one attached hydrogen (secondary N) is 2. The third-order valence-electron chi connectivity index (χ3n) is 4.81. The first kappa shape index (κ1) is 21.0. The molecule has 1 amide bonds. The predicted octanol–water partition coefficient (Wildman–Crippen LogP) is 5.07. The fourth-order valence-electron chi connectivity index (χ4n) is 3.22. The van der Waals surface area contributed by atoms with Crippen molar-refractivity contribution in [2.24, 2.45) is 0 Å². The third-order valence-corrected chi connectivity index (χ3v) is 6.45. The molecular formula is C22H19ClN2O5S. The van der Waals surface area contributed by atoms with Crippen molar-refractivity contribution in [3.63, 3.8) is 0 Å². The normalized spacial score (nSPS) is 12.7. The summed E-state index contributed by atoms with van der Waals surface area (Å²) in [5, 5.41) is 3.18. The Bertz CT molecular complexity index is 1290. The van der Waals surface area contributed by atoms with Gasteiger partial charge in [-0.05, 0) is 60.5 Å². The standard InChI is InChI=1S/C22H19ClN2O5S/c1-3-13-4-7-20(29-2)21(10-13)31(27,28)25-15-6-9-18-16(12-15)22(26)24-17-11-14(23)5-8-19(17)30-18/h4-12,25H,3H2,1-2H3,(H,24,26). The van der Waals surface area contributed by atoms with Gasteiger partial charge in [-0.15, -0.1) is 0 Å². The van der Waals surface area contributed by atoms with Crippen molar-refractivity contribution in [2.45, 2.75) is 18.2 Å². The maximum atomic E-state index is 13.0. The minimum Gasteiger partial charge on any atom is -0.495 e. The van der Waals surface area contributed by atoms with Crippen LogP contribution in [0.3, 0.4) is 0 Å². The van der Waals surface area contributed by atoms with Gasteiger partial charge in [-0.1, -0.05) is 24.6 Å². The van der Waals surface area contributed by atoms with E-state index in [1.807, 2.05) is 13.0 Å². The molecule has 4 rings (SSSR count). The number of amides is 1. The van der Waals surface area contributed by atoms with E-state index in [2.05, 4.69) is 10.0 Å². The molecule has 160 valence electrons. The summed E-state index contributed by atoms with van der Waals surface area (Å²) < 4.78 is 39.7. The molecule has 31 heavy (non-hydrogen) atoms. The molecule has 1 aliphatic rings. The molecular weight excluding hydrogens is 440 g/mol. The van der Waals surface area contributed by atoms with Crippen LogP contribution in [0, 0.1) is 0 Å². The van der Waals surface area contributed by atoms with Crippen LogP contribution in [0.2, 0.25) is 5.02 Å². The monoisotopic (exact) mass is 458 g/mol. The number of rotatable bonds is 5. The number of ether oxygens (including phenoxy) is 2. The molecule has 3 aromatic carbocycles. The average Bonchev–Trinajstić information content (AvgIpc) is 2.88. The Morgan fingerprint density at radius 2 is 1.84 bits per heavy atom. The highest BCUT2D eigenvalue weighted by Gasteiger charge is 2.24. The molecule has 0 spiro atoms. The number of fused-ring (bicyclic) bond motifs is 2. The van der Waals surface area contributed by atoms with Gasteiger partial charge >= 0.3 is 0 Å². The van der Waals surface area contributed by atoms with Gasteiger partial charge in [-0.2, -0.15) is 0 Å². The summed E-state index contributed by atoms with van der Waals surface area (Å²) in [5.41, 5.74) is 1.68. The maximum absolute atomic E-state index is 13.0. The number of hydrogen-bond acceptors (Lipinski definition) is 5. The van der Waals surface area contributed by atoms with Gasteiger partial charge < -0.3 is 14.8 Å². The minimum absolute atomic E-state index is 0.0204. The molecule has 9 heteroatoms. The summed E-state index contributed by atoms with van der Waals surface area (Å²) in [6.07, 6.45) is 0.674. The van der Waals surface area contributed by atoms with Crippen LogP contribution in [0.4, 0.5) is 11.4 Å². The molecule has 0 aromatic heterocycles. The molecule has 0 radical (unpaired) electrons. The Morgan fingerprint density at radius 3 is 2.58 bits per heavy atom. The first-order chi connectivity index (χ1) is 14.8. The van der Waals surface area contributed by atoms with Crippen LogP contribution in [-0.2, 0) is 16.4 Å². The lowest BCUT2D eigenvalue weighted by Crippen LogP contribution is -2.16. The van der Waals surface area contributed by atoms with Crippen molar-refractivity contribution in [3.8, 4) is 17.2 Å². The number of sulfonamides is 1. The van der Waals surface area contributed by atoms with Crippen LogP contribution < -0.4 is 19.5 Å². The molecule has 7 nitrogen and oxygen atoms in total. The first-order valence-corrected chi connectivity index (χ1v) is 11.3. The molecule has 0 fully saturated rings. The largest absolute Gasteiger partial charge is 0.495 e. The second kappa shape index (κ2) is 8.13. The molecule has 2 N–H and O–H groups in total. The van der Waals surface area contributed by atoms with Crippen molar-refractivity contribution in [2.75, 3.05) is 17.1 Å². The molecule has 0 atom stereocenters. The number of carbonyl (C=O) groups is 1. The first-order valence-electron chi connectivity index (χ1n) is 9.43. The Morgan fingerprint density at radius 1 is 1.06 bits per heavy atom. The zero-order valence-electron chi connectivity index (χ0n) is 16.7. The van der Waals surface area contributed by atoms with E-state index in [0.717, 1.165) is 5.56 Å². The average molecular weight is 459 g/mol. The van der Waals surface area contributed by atoms with E-state index in [4.69, 9.17) is 21.1 Å². The molecule has 1 heterocycles. The van der Waals surface area contributed by atoms with Crippen molar-refractivity contribution in [1.29, 1.82) is 0 Å². The quantitative estimate of drug-likeness (QED) is 0.556. The number of carbonyl (C=O) groups excluding carboxylic acids is 1. The molecule has 0 bridgehead atoms. The van der Waals surface area contributed by atoms with Crippen LogP contribution in [0.25, 0.3) is 0 Å². The predicted molar refractivity (Wildman–Crippen MR) is 119 cm³/mol. The van der Waals surface area contributed by atoms with Crippen LogP contribution >= 0.6 is 11.6 Å². The summed E-state index contributed by atoms with van der Waals surface area (Å²) in [4.78, 5) is 12.7. The van der Waals surface area contributed by atoms with E-state index >= 15 is 0 Å². The Kier molecular flexibility index (Phi) is 5.51. The Balaban J connectivity index is 1.69. The number of benzene rings is 3. The highest BCUT2D eigenvalue weighted by molar-refractivity contribution is 7.92. The number of halogens is 1. The van der Waals surface area contributed by atoms with Crippen LogP contribution in [0.5, 0.6) is 17.2 Å². The lowest BCUT2D eigenvalue weighted by Gasteiger charge is -2.14. The van der Waals surface area contributed by atoms with E-state index in [0.29, 0.717) is 28.6 Å². The number of hydrogen-bond donors (Lipinski definition) is 2. The molecule has 0 saturated carbocycles. The molecule has 0 aliphatic carbocycles. The van der Waals surface area contributed by atoms with Crippen LogP contribution in [-0.4, -0.2) is 21.4 Å². The summed E-state index contributed by atoms with van der Waals surface area (Å²) in [5.74, 6) is 0.522. The molecule has 3 aromatic rings. The van der Waals surface area contributed by atoms with E-state index in [-0.39, 0.29) is 21.9 Å². The van der Waals surface area contributed by atoms with Crippen molar-refractivity contribution >= 4 is 38.9 Å². The van der Waals surface area contributed by atoms with E-state index in [1.54, 1.807) is 30.3 Å². The molecule has 1 aliphatic heterocycles. The van der Waals surface area contributed by atoms with Crippen LogP contribution in [0.1, 0.15) is 22.8 Å². The Labute approximate surface area is 185 Å². The SMILES string of the molecule is CCc1ccc(OC)c(S(=O)(=O)Nc2ccc3c(c2)C(=O)Nc2cc(Cl)ccc2O3)c1. The zero-order chi connectivity index (χ0) is 22.2. The third kappa shape index (κ3) is 4.17. The van der Waals surface area contributed by atoms with Crippen molar-refractivity contribution in [1.82, 2.24) is 0 Å². The van der Waals surface area contributed by atoms with E-state index in [1.165, 1.54) is 25.3 Å². The van der Waals surface area contributed by atoms with Gasteiger partial charge in [0, 0.05) is 10.7 Å². The lowest BCUT2D eigenvalue weighted by atomic mass is 10.1. The highest BCUT2D eigenvalue weighted by Crippen LogP contribution is 2.38. The number of aryl methyl sites for hydroxylation is 1.